The quantitative estimate of drug-likeness (QED) is 0.805. The van der Waals surface area contributed by atoms with Gasteiger partial charge in [-0.1, -0.05) is 0 Å². The van der Waals surface area contributed by atoms with Crippen molar-refractivity contribution in [3.8, 4) is 11.8 Å². The minimum absolute atomic E-state index is 0.157. The SMILES string of the molecule is CC(C)(C)OC(=O)COc1ccc(C#N)c(Br)c1. The van der Waals surface area contributed by atoms with Crippen molar-refractivity contribution in [1.29, 1.82) is 5.26 Å². The minimum Gasteiger partial charge on any atom is -0.482 e. The third-order valence-corrected chi connectivity index (χ3v) is 2.49. The van der Waals surface area contributed by atoms with Gasteiger partial charge in [0.1, 0.15) is 17.4 Å². The number of carbonyl (C=O) groups is 1. The molecule has 0 fully saturated rings. The summed E-state index contributed by atoms with van der Waals surface area (Å²) in [7, 11) is 0. The van der Waals surface area contributed by atoms with Gasteiger partial charge in [-0.2, -0.15) is 5.26 Å². The number of carbonyl (C=O) groups excluding carboxylic acids is 1. The molecule has 0 radical (unpaired) electrons. The first kappa shape index (κ1) is 14.5. The third kappa shape index (κ3) is 4.76. The van der Waals surface area contributed by atoms with E-state index in [9.17, 15) is 4.79 Å². The van der Waals surface area contributed by atoms with Crippen LogP contribution < -0.4 is 4.74 Å². The fourth-order valence-electron chi connectivity index (χ4n) is 1.19. The molecule has 1 aromatic carbocycles. The molecule has 96 valence electrons. The third-order valence-electron chi connectivity index (χ3n) is 1.84. The molecular weight excluding hydrogens is 298 g/mol. The van der Waals surface area contributed by atoms with E-state index >= 15 is 0 Å². The highest BCUT2D eigenvalue weighted by molar-refractivity contribution is 9.10. The highest BCUT2D eigenvalue weighted by atomic mass is 79.9. The first-order chi connectivity index (χ1) is 8.31. The van der Waals surface area contributed by atoms with E-state index < -0.39 is 11.6 Å². The molecule has 0 aliphatic rings. The van der Waals surface area contributed by atoms with Crippen LogP contribution in [0.25, 0.3) is 0 Å². The molecule has 1 aromatic rings. The lowest BCUT2D eigenvalue weighted by molar-refractivity contribution is -0.157. The Balaban J connectivity index is 2.57. The second-order valence-electron chi connectivity index (χ2n) is 4.63. The van der Waals surface area contributed by atoms with Crippen LogP contribution in [0.3, 0.4) is 0 Å². The first-order valence-corrected chi connectivity index (χ1v) is 6.15. The standard InChI is InChI=1S/C13H14BrNO3/c1-13(2,3)18-12(16)8-17-10-5-4-9(7-15)11(14)6-10/h4-6H,8H2,1-3H3. The lowest BCUT2D eigenvalue weighted by Crippen LogP contribution is -2.27. The highest BCUT2D eigenvalue weighted by Gasteiger charge is 2.16. The Hall–Kier alpha value is -1.54. The topological polar surface area (TPSA) is 59.3 Å². The van der Waals surface area contributed by atoms with Gasteiger partial charge >= 0.3 is 5.97 Å². The normalized spacial score (nSPS) is 10.6. The Labute approximate surface area is 115 Å². The number of hydrogen-bond donors (Lipinski definition) is 0. The van der Waals surface area contributed by atoms with Crippen LogP contribution in [0.1, 0.15) is 26.3 Å². The largest absolute Gasteiger partial charge is 0.482 e. The maximum atomic E-state index is 11.4. The van der Waals surface area contributed by atoms with E-state index in [2.05, 4.69) is 15.9 Å². The lowest BCUT2D eigenvalue weighted by Gasteiger charge is -2.19. The second kappa shape index (κ2) is 5.87. The zero-order valence-corrected chi connectivity index (χ0v) is 12.1. The van der Waals surface area contributed by atoms with Crippen molar-refractivity contribution in [1.82, 2.24) is 0 Å². The van der Waals surface area contributed by atoms with E-state index in [1.807, 2.05) is 6.07 Å². The number of nitrogens with zero attached hydrogens (tertiary/aromatic N) is 1. The monoisotopic (exact) mass is 311 g/mol. The maximum Gasteiger partial charge on any atom is 0.344 e. The van der Waals surface area contributed by atoms with Gasteiger partial charge < -0.3 is 9.47 Å². The number of ether oxygens (including phenoxy) is 2. The molecular formula is C13H14BrNO3. The van der Waals surface area contributed by atoms with E-state index in [1.165, 1.54) is 0 Å². The van der Waals surface area contributed by atoms with Crippen LogP contribution in [0.4, 0.5) is 0 Å². The molecule has 0 aromatic heterocycles. The summed E-state index contributed by atoms with van der Waals surface area (Å²) < 4.78 is 11.0. The smallest absolute Gasteiger partial charge is 0.344 e. The van der Waals surface area contributed by atoms with Gasteiger partial charge in [-0.05, 0) is 54.9 Å². The molecule has 0 atom stereocenters. The predicted molar refractivity (Wildman–Crippen MR) is 70.2 cm³/mol. The number of halogens is 1. The summed E-state index contributed by atoms with van der Waals surface area (Å²) in [5.74, 6) is 0.0784. The van der Waals surface area contributed by atoms with Crippen LogP contribution in [0.15, 0.2) is 22.7 Å². The van der Waals surface area contributed by atoms with Gasteiger partial charge in [-0.25, -0.2) is 4.79 Å². The minimum atomic E-state index is -0.522. The van der Waals surface area contributed by atoms with Gasteiger partial charge in [0.25, 0.3) is 0 Å². The highest BCUT2D eigenvalue weighted by Crippen LogP contribution is 2.22. The van der Waals surface area contributed by atoms with Crippen molar-refractivity contribution in [2.45, 2.75) is 26.4 Å². The molecule has 0 unspecified atom stereocenters. The van der Waals surface area contributed by atoms with Crippen LogP contribution in [-0.2, 0) is 9.53 Å². The Bertz CT molecular complexity index is 486. The predicted octanol–water partition coefficient (Wildman–Crippen LogP) is 3.04. The molecule has 0 bridgehead atoms. The molecule has 5 heteroatoms. The van der Waals surface area contributed by atoms with E-state index in [0.29, 0.717) is 15.8 Å². The van der Waals surface area contributed by atoms with E-state index in [0.717, 1.165) is 0 Å². The lowest BCUT2D eigenvalue weighted by atomic mass is 10.2. The number of esters is 1. The number of rotatable bonds is 3. The number of benzene rings is 1. The molecule has 0 amide bonds. The van der Waals surface area contributed by atoms with Crippen LogP contribution in [0.5, 0.6) is 5.75 Å². The first-order valence-electron chi connectivity index (χ1n) is 5.36. The van der Waals surface area contributed by atoms with Crippen molar-refractivity contribution >= 4 is 21.9 Å². The van der Waals surface area contributed by atoms with Crippen LogP contribution in [-0.4, -0.2) is 18.2 Å². The van der Waals surface area contributed by atoms with E-state index in [-0.39, 0.29) is 6.61 Å². The molecule has 0 saturated heterocycles. The fourth-order valence-corrected chi connectivity index (χ4v) is 1.64. The Morgan fingerprint density at radius 2 is 2.11 bits per heavy atom. The zero-order valence-electron chi connectivity index (χ0n) is 10.5. The van der Waals surface area contributed by atoms with Crippen molar-refractivity contribution < 1.29 is 14.3 Å². The van der Waals surface area contributed by atoms with Crippen LogP contribution >= 0.6 is 15.9 Å². The molecule has 18 heavy (non-hydrogen) atoms. The number of nitriles is 1. The van der Waals surface area contributed by atoms with Crippen LogP contribution in [0.2, 0.25) is 0 Å². The van der Waals surface area contributed by atoms with Crippen LogP contribution in [0, 0.1) is 11.3 Å². The van der Waals surface area contributed by atoms with Crippen molar-refractivity contribution in [2.75, 3.05) is 6.61 Å². The van der Waals surface area contributed by atoms with Gasteiger partial charge in [-0.15, -0.1) is 0 Å². The summed E-state index contributed by atoms with van der Waals surface area (Å²) in [5, 5.41) is 8.76. The summed E-state index contributed by atoms with van der Waals surface area (Å²) in [6.45, 7) is 5.23. The fraction of sp³-hybridized carbons (Fsp3) is 0.385. The Kier molecular flexibility index (Phi) is 4.74. The molecule has 0 aliphatic heterocycles. The summed E-state index contributed by atoms with van der Waals surface area (Å²) in [5.41, 5.74) is -0.00860. The van der Waals surface area contributed by atoms with Gasteiger partial charge in [0.05, 0.1) is 5.56 Å². The Morgan fingerprint density at radius 1 is 1.44 bits per heavy atom. The maximum absolute atomic E-state index is 11.4. The molecule has 0 aliphatic carbocycles. The molecule has 0 spiro atoms. The summed E-state index contributed by atoms with van der Waals surface area (Å²) in [6.07, 6.45) is 0. The number of hydrogen-bond acceptors (Lipinski definition) is 4. The molecule has 4 nitrogen and oxygen atoms in total. The average Bonchev–Trinajstić information content (AvgIpc) is 2.24. The molecule has 1 rings (SSSR count). The second-order valence-corrected chi connectivity index (χ2v) is 5.48. The molecule has 0 heterocycles. The molecule has 0 saturated carbocycles. The average molecular weight is 312 g/mol. The van der Waals surface area contributed by atoms with Crippen molar-refractivity contribution in [3.63, 3.8) is 0 Å². The van der Waals surface area contributed by atoms with Gasteiger partial charge in [0, 0.05) is 4.47 Å². The summed E-state index contributed by atoms with van der Waals surface area (Å²) in [4.78, 5) is 11.4. The van der Waals surface area contributed by atoms with Gasteiger partial charge in [-0.3, -0.25) is 0 Å². The van der Waals surface area contributed by atoms with Crippen molar-refractivity contribution in [2.24, 2.45) is 0 Å². The summed E-state index contributed by atoms with van der Waals surface area (Å²) >= 11 is 3.24. The zero-order chi connectivity index (χ0) is 13.8. The summed E-state index contributed by atoms with van der Waals surface area (Å²) in [6, 6.07) is 6.92. The Morgan fingerprint density at radius 3 is 2.61 bits per heavy atom. The van der Waals surface area contributed by atoms with E-state index in [1.54, 1.807) is 39.0 Å². The van der Waals surface area contributed by atoms with Crippen molar-refractivity contribution in [3.05, 3.63) is 28.2 Å². The van der Waals surface area contributed by atoms with Gasteiger partial charge in [0.15, 0.2) is 6.61 Å². The van der Waals surface area contributed by atoms with Gasteiger partial charge in [0.2, 0.25) is 0 Å². The molecule has 0 N–H and O–H groups in total. The van der Waals surface area contributed by atoms with E-state index in [4.69, 9.17) is 14.7 Å².